The number of ether oxygens (including phenoxy) is 5. The Hall–Kier alpha value is -2.97. The van der Waals surface area contributed by atoms with E-state index in [1.54, 1.807) is 11.8 Å². The van der Waals surface area contributed by atoms with Crippen molar-refractivity contribution in [1.82, 2.24) is 0 Å². The number of hydrogen-bond acceptors (Lipinski definition) is 6. The molecule has 200 valence electrons. The van der Waals surface area contributed by atoms with E-state index in [4.69, 9.17) is 23.7 Å². The normalized spacial score (nSPS) is 26.6. The van der Waals surface area contributed by atoms with E-state index >= 15 is 0 Å². The number of rotatable bonds is 9. The summed E-state index contributed by atoms with van der Waals surface area (Å²) in [5.74, 6) is 0. The number of thioether (sulfide) groups is 1. The molecule has 6 heteroatoms. The van der Waals surface area contributed by atoms with Crippen molar-refractivity contribution < 1.29 is 23.7 Å². The lowest BCUT2D eigenvalue weighted by atomic mass is 9.98. The highest BCUT2D eigenvalue weighted by atomic mass is 32.2. The lowest BCUT2D eigenvalue weighted by Crippen LogP contribution is -2.62. The van der Waals surface area contributed by atoms with Crippen LogP contribution in [0, 0.1) is 0 Å². The zero-order valence-corrected chi connectivity index (χ0v) is 22.4. The van der Waals surface area contributed by atoms with E-state index in [2.05, 4.69) is 36.4 Å². The van der Waals surface area contributed by atoms with Crippen LogP contribution in [0.5, 0.6) is 0 Å². The van der Waals surface area contributed by atoms with Crippen LogP contribution in [0.4, 0.5) is 0 Å². The van der Waals surface area contributed by atoms with E-state index in [-0.39, 0.29) is 29.9 Å². The highest BCUT2D eigenvalue weighted by Crippen LogP contribution is 2.41. The fourth-order valence-corrected chi connectivity index (χ4v) is 6.10. The molecular formula is C33H32O5S. The van der Waals surface area contributed by atoms with Crippen LogP contribution < -0.4 is 0 Å². The Morgan fingerprint density at radius 2 is 1.15 bits per heavy atom. The average molecular weight is 541 g/mol. The van der Waals surface area contributed by atoms with Gasteiger partial charge in [-0.15, -0.1) is 0 Å². The van der Waals surface area contributed by atoms with Gasteiger partial charge >= 0.3 is 0 Å². The minimum atomic E-state index is -0.494. The molecule has 6 atom stereocenters. The quantitative estimate of drug-likeness (QED) is 0.233. The number of benzene rings is 4. The molecule has 2 heterocycles. The first-order valence-electron chi connectivity index (χ1n) is 13.3. The van der Waals surface area contributed by atoms with Gasteiger partial charge in [-0.25, -0.2) is 0 Å². The Labute approximate surface area is 234 Å². The monoisotopic (exact) mass is 540 g/mol. The molecule has 4 aromatic carbocycles. The maximum Gasteiger partial charge on any atom is 0.184 e. The van der Waals surface area contributed by atoms with Crippen LogP contribution in [0.15, 0.2) is 126 Å². The molecule has 0 radical (unpaired) electrons. The third-order valence-corrected chi connectivity index (χ3v) is 8.08. The maximum absolute atomic E-state index is 6.69. The topological polar surface area (TPSA) is 46.2 Å². The fraction of sp³-hybridized carbons (Fsp3) is 0.273. The van der Waals surface area contributed by atoms with Gasteiger partial charge in [0.1, 0.15) is 29.9 Å². The SMILES string of the molecule is c1ccc(CO[C@H]2[C@H]3O[C@@H](c4ccccc4)OC[C@H]3O[C@@H](Sc3ccccc3)[C@@H]2OCc2ccccc2)cc1. The summed E-state index contributed by atoms with van der Waals surface area (Å²) in [7, 11) is 0. The van der Waals surface area contributed by atoms with E-state index in [1.165, 1.54) is 0 Å². The first kappa shape index (κ1) is 26.3. The Bertz CT molecular complexity index is 1270. The van der Waals surface area contributed by atoms with Gasteiger partial charge in [-0.3, -0.25) is 0 Å². The summed E-state index contributed by atoms with van der Waals surface area (Å²) >= 11 is 1.65. The van der Waals surface area contributed by atoms with Gasteiger partial charge in [0.25, 0.3) is 0 Å². The molecule has 0 N–H and O–H groups in total. The first-order chi connectivity index (χ1) is 19.3. The predicted molar refractivity (Wildman–Crippen MR) is 151 cm³/mol. The smallest absolute Gasteiger partial charge is 0.184 e. The Balaban J connectivity index is 1.30. The number of fused-ring (bicyclic) bond motifs is 1. The van der Waals surface area contributed by atoms with Gasteiger partial charge in [0.05, 0.1) is 19.8 Å². The van der Waals surface area contributed by atoms with Crippen LogP contribution in [0.3, 0.4) is 0 Å². The summed E-state index contributed by atoms with van der Waals surface area (Å²) in [5.41, 5.74) is 2.86. The molecule has 0 spiro atoms. The number of hydrogen-bond donors (Lipinski definition) is 0. The van der Waals surface area contributed by atoms with Crippen molar-refractivity contribution in [2.45, 2.75) is 54.3 Å². The van der Waals surface area contributed by atoms with E-state index in [1.807, 2.05) is 84.9 Å². The van der Waals surface area contributed by atoms with E-state index in [0.29, 0.717) is 19.8 Å². The molecule has 2 saturated heterocycles. The van der Waals surface area contributed by atoms with Gasteiger partial charge in [0.15, 0.2) is 6.29 Å². The van der Waals surface area contributed by atoms with Gasteiger partial charge < -0.3 is 23.7 Å². The highest BCUT2D eigenvalue weighted by Gasteiger charge is 2.51. The van der Waals surface area contributed by atoms with Crippen molar-refractivity contribution in [2.75, 3.05) is 6.61 Å². The van der Waals surface area contributed by atoms with Crippen LogP contribution in [0.2, 0.25) is 0 Å². The molecule has 0 aliphatic carbocycles. The standard InChI is InChI=1S/C33H32O5S/c1-5-13-24(14-6-1)21-34-30-29-28(23-36-32(38-29)26-17-9-3-10-18-26)37-33(39-27-19-11-4-12-20-27)31(30)35-22-25-15-7-2-8-16-25/h1-20,28-33H,21-23H2/t28-,29+,30+,31-,32+,33+/m1/s1. The van der Waals surface area contributed by atoms with Crippen LogP contribution in [0.25, 0.3) is 0 Å². The van der Waals surface area contributed by atoms with Gasteiger partial charge in [-0.1, -0.05) is 121 Å². The van der Waals surface area contributed by atoms with Crippen LogP contribution in [-0.2, 0) is 36.9 Å². The fourth-order valence-electron chi connectivity index (χ4n) is 4.95. The summed E-state index contributed by atoms with van der Waals surface area (Å²) in [6, 6.07) is 40.7. The molecule has 6 rings (SSSR count). The Morgan fingerprint density at radius 1 is 0.615 bits per heavy atom. The molecule has 0 bridgehead atoms. The second-order valence-electron chi connectivity index (χ2n) is 9.67. The van der Waals surface area contributed by atoms with Gasteiger partial charge in [0, 0.05) is 10.5 Å². The molecule has 5 nitrogen and oxygen atoms in total. The molecule has 0 amide bonds. The second kappa shape index (κ2) is 12.9. The zero-order valence-electron chi connectivity index (χ0n) is 21.6. The minimum absolute atomic E-state index is 0.288. The molecule has 2 aliphatic heterocycles. The summed E-state index contributed by atoms with van der Waals surface area (Å²) in [4.78, 5) is 1.11. The summed E-state index contributed by atoms with van der Waals surface area (Å²) in [5, 5.41) is 0. The van der Waals surface area contributed by atoms with E-state index in [9.17, 15) is 0 Å². The third-order valence-electron chi connectivity index (χ3n) is 6.92. The maximum atomic E-state index is 6.69. The molecule has 0 unspecified atom stereocenters. The van der Waals surface area contributed by atoms with Crippen molar-refractivity contribution in [3.05, 3.63) is 138 Å². The molecule has 2 aliphatic rings. The predicted octanol–water partition coefficient (Wildman–Crippen LogP) is 6.79. The van der Waals surface area contributed by atoms with Crippen LogP contribution >= 0.6 is 11.8 Å². The van der Waals surface area contributed by atoms with Gasteiger partial charge in [-0.05, 0) is 23.3 Å². The summed E-state index contributed by atoms with van der Waals surface area (Å²) < 4.78 is 32.8. The molecular weight excluding hydrogens is 508 g/mol. The van der Waals surface area contributed by atoms with Crippen molar-refractivity contribution in [3.63, 3.8) is 0 Å². The first-order valence-corrected chi connectivity index (χ1v) is 14.2. The average Bonchev–Trinajstić information content (AvgIpc) is 3.01. The van der Waals surface area contributed by atoms with Crippen molar-refractivity contribution in [1.29, 1.82) is 0 Å². The highest BCUT2D eigenvalue weighted by molar-refractivity contribution is 7.99. The molecule has 0 aromatic heterocycles. The van der Waals surface area contributed by atoms with E-state index < -0.39 is 6.29 Å². The lowest BCUT2D eigenvalue weighted by Gasteiger charge is -2.49. The molecule has 4 aromatic rings. The van der Waals surface area contributed by atoms with Crippen LogP contribution in [-0.4, -0.2) is 36.5 Å². The van der Waals surface area contributed by atoms with Crippen molar-refractivity contribution >= 4 is 11.8 Å². The van der Waals surface area contributed by atoms with Crippen molar-refractivity contribution in [3.8, 4) is 0 Å². The zero-order chi connectivity index (χ0) is 26.3. The Morgan fingerprint density at radius 3 is 1.77 bits per heavy atom. The summed E-state index contributed by atoms with van der Waals surface area (Å²) in [6.45, 7) is 1.30. The summed E-state index contributed by atoms with van der Waals surface area (Å²) in [6.07, 6.45) is -1.89. The van der Waals surface area contributed by atoms with Crippen molar-refractivity contribution in [2.24, 2.45) is 0 Å². The largest absolute Gasteiger partial charge is 0.368 e. The van der Waals surface area contributed by atoms with Crippen LogP contribution in [0.1, 0.15) is 23.0 Å². The molecule has 2 fully saturated rings. The van der Waals surface area contributed by atoms with Gasteiger partial charge in [-0.2, -0.15) is 0 Å². The second-order valence-corrected chi connectivity index (χ2v) is 10.8. The minimum Gasteiger partial charge on any atom is -0.368 e. The Kier molecular flexibility index (Phi) is 8.70. The van der Waals surface area contributed by atoms with Gasteiger partial charge in [0.2, 0.25) is 0 Å². The molecule has 0 saturated carbocycles. The van der Waals surface area contributed by atoms with E-state index in [0.717, 1.165) is 21.6 Å². The lowest BCUT2D eigenvalue weighted by molar-refractivity contribution is -0.329. The third kappa shape index (κ3) is 6.61. The molecule has 39 heavy (non-hydrogen) atoms.